The molecule has 0 aromatic heterocycles. The number of rotatable bonds is 42. The van der Waals surface area contributed by atoms with Crippen LogP contribution >= 0.6 is 0 Å². The van der Waals surface area contributed by atoms with E-state index >= 15 is 0 Å². The van der Waals surface area contributed by atoms with Gasteiger partial charge in [-0.15, -0.1) is 0 Å². The largest absolute Gasteiger partial charge is 0.462 e. The molecule has 0 radical (unpaired) electrons. The third-order valence-corrected chi connectivity index (χ3v) is 10.6. The highest BCUT2D eigenvalue weighted by atomic mass is 16.5. The molecule has 0 aromatic carbocycles. The Bertz CT molecular complexity index is 1150. The molecule has 0 saturated carbocycles. The van der Waals surface area contributed by atoms with Crippen LogP contribution in [-0.2, 0) is 14.3 Å². The van der Waals surface area contributed by atoms with Gasteiger partial charge in [-0.2, -0.15) is 0 Å². The molecular weight excluding hydrogens is 731 g/mol. The number of hydrogen-bond donors (Lipinski definition) is 3. The van der Waals surface area contributed by atoms with Gasteiger partial charge in [-0.3, -0.25) is 9.59 Å². The van der Waals surface area contributed by atoms with Crippen molar-refractivity contribution in [2.45, 2.75) is 232 Å². The molecule has 0 heterocycles. The first-order valence-electron chi connectivity index (χ1n) is 24.4. The highest BCUT2D eigenvalue weighted by Gasteiger charge is 2.24. The van der Waals surface area contributed by atoms with Gasteiger partial charge in [-0.05, 0) is 64.2 Å². The average molecular weight is 822 g/mol. The Morgan fingerprint density at radius 3 is 1.41 bits per heavy atom. The van der Waals surface area contributed by atoms with Crippen LogP contribution in [0.15, 0.2) is 85.1 Å². The maximum atomic E-state index is 13.2. The van der Waals surface area contributed by atoms with Gasteiger partial charge in [0.05, 0.1) is 25.2 Å². The molecule has 1 amide bonds. The molecule has 6 heteroatoms. The number of esters is 1. The molecule has 0 aliphatic rings. The van der Waals surface area contributed by atoms with Gasteiger partial charge >= 0.3 is 5.97 Å². The lowest BCUT2D eigenvalue weighted by atomic mass is 10.0. The molecule has 0 bridgehead atoms. The normalized spacial score (nSPS) is 14.1. The Morgan fingerprint density at radius 1 is 0.508 bits per heavy atom. The molecule has 0 saturated heterocycles. The van der Waals surface area contributed by atoms with Gasteiger partial charge in [0, 0.05) is 6.42 Å². The lowest BCUT2D eigenvalue weighted by Crippen LogP contribution is -2.46. The van der Waals surface area contributed by atoms with E-state index < -0.39 is 18.2 Å². The Balaban J connectivity index is 4.68. The second kappa shape index (κ2) is 46.1. The quantitative estimate of drug-likeness (QED) is 0.0324. The van der Waals surface area contributed by atoms with Gasteiger partial charge < -0.3 is 20.3 Å². The molecule has 6 nitrogen and oxygen atoms in total. The maximum absolute atomic E-state index is 13.2. The molecule has 0 rings (SSSR count). The number of unbranched alkanes of at least 4 members (excludes halogenated alkanes) is 21. The van der Waals surface area contributed by atoms with Gasteiger partial charge in [0.2, 0.25) is 5.91 Å². The number of aliphatic hydroxyl groups is 2. The van der Waals surface area contributed by atoms with Crippen LogP contribution < -0.4 is 5.32 Å². The van der Waals surface area contributed by atoms with E-state index in [-0.39, 0.29) is 24.9 Å². The SMILES string of the molecule is CC/C=C/C=C/C=C/C=C\CCCCCC(CC(=O)NC(CO)C(O)CCCCCCCCCCCCCC)OC(=O)CCCCCCCCC/C=C/C=C/C=C/CC. The number of amides is 1. The van der Waals surface area contributed by atoms with Crippen molar-refractivity contribution >= 4 is 11.9 Å². The molecule has 0 aliphatic heterocycles. The van der Waals surface area contributed by atoms with E-state index in [1.807, 2.05) is 24.3 Å². The van der Waals surface area contributed by atoms with Gasteiger partial charge in [0.25, 0.3) is 0 Å². The number of hydrogen-bond acceptors (Lipinski definition) is 5. The number of ether oxygens (including phenoxy) is 1. The summed E-state index contributed by atoms with van der Waals surface area (Å²) in [5.41, 5.74) is 0. The first-order chi connectivity index (χ1) is 29.0. The van der Waals surface area contributed by atoms with Crippen molar-refractivity contribution in [1.82, 2.24) is 5.32 Å². The lowest BCUT2D eigenvalue weighted by molar-refractivity contribution is -0.151. The van der Waals surface area contributed by atoms with Crippen LogP contribution in [0.1, 0.15) is 213 Å². The summed E-state index contributed by atoms with van der Waals surface area (Å²) in [6, 6.07) is -0.720. The summed E-state index contributed by atoms with van der Waals surface area (Å²) in [4.78, 5) is 26.1. The summed E-state index contributed by atoms with van der Waals surface area (Å²) in [5.74, 6) is -0.533. The predicted octanol–water partition coefficient (Wildman–Crippen LogP) is 14.4. The minimum absolute atomic E-state index is 0.0423. The van der Waals surface area contributed by atoms with E-state index in [1.54, 1.807) is 0 Å². The van der Waals surface area contributed by atoms with E-state index in [0.717, 1.165) is 83.5 Å². The average Bonchev–Trinajstić information content (AvgIpc) is 3.23. The smallest absolute Gasteiger partial charge is 0.306 e. The van der Waals surface area contributed by atoms with Crippen molar-refractivity contribution in [3.63, 3.8) is 0 Å². The molecule has 3 N–H and O–H groups in total. The van der Waals surface area contributed by atoms with Gasteiger partial charge in [-0.1, -0.05) is 221 Å². The zero-order valence-corrected chi connectivity index (χ0v) is 38.4. The summed E-state index contributed by atoms with van der Waals surface area (Å²) < 4.78 is 5.90. The Hall–Kier alpha value is -2.96. The van der Waals surface area contributed by atoms with Crippen LogP contribution in [0.4, 0.5) is 0 Å². The topological polar surface area (TPSA) is 95.9 Å². The van der Waals surface area contributed by atoms with Crippen LogP contribution in [-0.4, -0.2) is 46.9 Å². The highest BCUT2D eigenvalue weighted by Crippen LogP contribution is 2.17. The molecule has 338 valence electrons. The van der Waals surface area contributed by atoms with E-state index in [1.165, 1.54) is 83.5 Å². The van der Waals surface area contributed by atoms with Gasteiger partial charge in [-0.25, -0.2) is 0 Å². The maximum Gasteiger partial charge on any atom is 0.306 e. The Labute approximate surface area is 363 Å². The summed E-state index contributed by atoms with van der Waals surface area (Å²) in [6.07, 6.45) is 59.2. The molecule has 3 unspecified atom stereocenters. The van der Waals surface area contributed by atoms with Crippen molar-refractivity contribution in [2.75, 3.05) is 6.61 Å². The minimum Gasteiger partial charge on any atom is -0.462 e. The van der Waals surface area contributed by atoms with Gasteiger partial charge in [0.1, 0.15) is 6.10 Å². The molecule has 0 aliphatic carbocycles. The second-order valence-electron chi connectivity index (χ2n) is 16.3. The monoisotopic (exact) mass is 822 g/mol. The van der Waals surface area contributed by atoms with Crippen molar-refractivity contribution in [1.29, 1.82) is 0 Å². The van der Waals surface area contributed by atoms with Crippen molar-refractivity contribution < 1.29 is 24.5 Å². The molecular formula is C53H91NO5. The first-order valence-corrected chi connectivity index (χ1v) is 24.4. The zero-order chi connectivity index (χ0) is 43.1. The van der Waals surface area contributed by atoms with E-state index in [0.29, 0.717) is 19.3 Å². The number of carbonyl (C=O) groups is 2. The third-order valence-electron chi connectivity index (χ3n) is 10.6. The summed E-state index contributed by atoms with van der Waals surface area (Å²) in [5, 5.41) is 23.7. The predicted molar refractivity (Wildman–Crippen MR) is 254 cm³/mol. The number of carbonyl (C=O) groups excluding carboxylic acids is 2. The fourth-order valence-corrected chi connectivity index (χ4v) is 6.97. The van der Waals surface area contributed by atoms with Crippen molar-refractivity contribution in [2.24, 2.45) is 0 Å². The zero-order valence-electron chi connectivity index (χ0n) is 38.4. The molecule has 59 heavy (non-hydrogen) atoms. The van der Waals surface area contributed by atoms with Crippen molar-refractivity contribution in [3.8, 4) is 0 Å². The van der Waals surface area contributed by atoms with Crippen LogP contribution in [0.3, 0.4) is 0 Å². The van der Waals surface area contributed by atoms with E-state index in [2.05, 4.69) is 86.8 Å². The lowest BCUT2D eigenvalue weighted by Gasteiger charge is -2.24. The fraction of sp³-hybridized carbons (Fsp3) is 0.698. The third kappa shape index (κ3) is 41.6. The Kier molecular flexibility index (Phi) is 43.8. The standard InChI is InChI=1S/C53H91NO5/c1-4-7-10-13-16-19-22-25-26-28-31-34-37-40-43-46-53(58)59-49(44-41-38-35-32-29-27-23-20-17-14-11-8-5-2)47-52(57)54-50(48-55)51(56)45-42-39-36-33-30-24-21-18-15-12-9-6-3/h7-8,10-11,13-14,16-17,19-20,22-23,27,29,49-51,55-56H,4-6,9,12,15,18,21,24-26,28,30-48H2,1-3H3,(H,54,57)/b10-7+,11-8+,16-13+,17-14+,22-19+,23-20+,29-27-. The molecule has 0 aromatic rings. The summed E-state index contributed by atoms with van der Waals surface area (Å²) in [7, 11) is 0. The molecule has 0 fully saturated rings. The van der Waals surface area contributed by atoms with E-state index in [4.69, 9.17) is 4.74 Å². The van der Waals surface area contributed by atoms with E-state index in [9.17, 15) is 19.8 Å². The van der Waals surface area contributed by atoms with Gasteiger partial charge in [0.15, 0.2) is 0 Å². The Morgan fingerprint density at radius 2 is 0.915 bits per heavy atom. The van der Waals surface area contributed by atoms with Crippen LogP contribution in [0.2, 0.25) is 0 Å². The number of nitrogens with one attached hydrogen (secondary N) is 1. The van der Waals surface area contributed by atoms with Crippen LogP contribution in [0.5, 0.6) is 0 Å². The fourth-order valence-electron chi connectivity index (χ4n) is 6.97. The highest BCUT2D eigenvalue weighted by molar-refractivity contribution is 5.77. The minimum atomic E-state index is -0.804. The molecule has 3 atom stereocenters. The number of aliphatic hydroxyl groups excluding tert-OH is 2. The number of allylic oxidation sites excluding steroid dienone is 14. The van der Waals surface area contributed by atoms with Crippen molar-refractivity contribution in [3.05, 3.63) is 85.1 Å². The second-order valence-corrected chi connectivity index (χ2v) is 16.3. The van der Waals surface area contributed by atoms with Crippen LogP contribution in [0, 0.1) is 0 Å². The summed E-state index contributed by atoms with van der Waals surface area (Å²) in [6.45, 7) is 6.19. The first kappa shape index (κ1) is 56.0. The summed E-state index contributed by atoms with van der Waals surface area (Å²) >= 11 is 0. The molecule has 0 spiro atoms. The van der Waals surface area contributed by atoms with Crippen LogP contribution in [0.25, 0.3) is 0 Å².